The largest absolute Gasteiger partial charge is 0.368 e. The van der Waals surface area contributed by atoms with Gasteiger partial charge in [0, 0.05) is 9.26 Å². The van der Waals surface area contributed by atoms with Crippen molar-refractivity contribution in [3.05, 3.63) is 33.1 Å². The van der Waals surface area contributed by atoms with E-state index in [1.807, 2.05) is 24.3 Å². The van der Waals surface area contributed by atoms with Gasteiger partial charge in [0.25, 0.3) is 0 Å². The zero-order valence-corrected chi connectivity index (χ0v) is 10.9. The Morgan fingerprint density at radius 2 is 1.81 bits per heavy atom. The highest BCUT2D eigenvalue weighted by molar-refractivity contribution is 14.1. The second-order valence-electron chi connectivity index (χ2n) is 2.92. The number of nitrogens with one attached hydrogen (secondary N) is 1. The molecule has 3 N–H and O–H groups in total. The Labute approximate surface area is 111 Å². The number of nitrogens with zero attached hydrogens (tertiary/aromatic N) is 3. The van der Waals surface area contributed by atoms with E-state index in [-0.39, 0.29) is 11.2 Å². The van der Waals surface area contributed by atoms with Crippen LogP contribution < -0.4 is 11.1 Å². The summed E-state index contributed by atoms with van der Waals surface area (Å²) in [7, 11) is 0. The van der Waals surface area contributed by atoms with E-state index < -0.39 is 0 Å². The molecule has 0 atom stereocenters. The predicted molar refractivity (Wildman–Crippen MR) is 71.7 cm³/mol. The molecule has 0 unspecified atom stereocenters. The first-order valence-corrected chi connectivity index (χ1v) is 5.79. The number of nitrogens with two attached hydrogens (primary N) is 1. The number of halogens is 2. The highest BCUT2D eigenvalue weighted by Gasteiger charge is 2.02. The topological polar surface area (TPSA) is 76.7 Å². The number of rotatable bonds is 2. The van der Waals surface area contributed by atoms with Gasteiger partial charge in [-0.05, 0) is 58.5 Å². The average Bonchev–Trinajstić information content (AvgIpc) is 2.20. The van der Waals surface area contributed by atoms with Gasteiger partial charge >= 0.3 is 0 Å². The van der Waals surface area contributed by atoms with Gasteiger partial charge in [-0.25, -0.2) is 0 Å². The van der Waals surface area contributed by atoms with Crippen molar-refractivity contribution < 1.29 is 0 Å². The zero-order chi connectivity index (χ0) is 11.5. The number of aromatic nitrogens is 3. The lowest BCUT2D eigenvalue weighted by atomic mass is 10.3. The smallest absolute Gasteiger partial charge is 0.233 e. The standard InChI is InChI=1S/C9H7ClIN5/c10-7-14-8(12)16-9(15-7)13-6-3-1-5(11)2-4-6/h1-4H,(H3,12,13,14,15,16). The Morgan fingerprint density at radius 3 is 2.44 bits per heavy atom. The fourth-order valence-electron chi connectivity index (χ4n) is 1.08. The third-order valence-corrected chi connectivity index (χ3v) is 2.61. The van der Waals surface area contributed by atoms with Crippen LogP contribution in [0.4, 0.5) is 17.6 Å². The van der Waals surface area contributed by atoms with Crippen LogP contribution >= 0.6 is 34.2 Å². The molecule has 0 radical (unpaired) electrons. The van der Waals surface area contributed by atoms with Gasteiger partial charge in [0.2, 0.25) is 17.2 Å². The van der Waals surface area contributed by atoms with Crippen LogP contribution in [0.25, 0.3) is 0 Å². The van der Waals surface area contributed by atoms with Crippen LogP contribution in [0.3, 0.4) is 0 Å². The van der Waals surface area contributed by atoms with Crippen molar-refractivity contribution in [2.24, 2.45) is 0 Å². The molecule has 0 saturated carbocycles. The number of nitrogen functional groups attached to an aromatic ring is 1. The third kappa shape index (κ3) is 2.92. The first kappa shape index (κ1) is 11.3. The molecule has 82 valence electrons. The maximum Gasteiger partial charge on any atom is 0.233 e. The summed E-state index contributed by atoms with van der Waals surface area (Å²) >= 11 is 7.89. The van der Waals surface area contributed by atoms with Gasteiger partial charge in [-0.2, -0.15) is 15.0 Å². The number of hydrogen-bond donors (Lipinski definition) is 2. The lowest BCUT2D eigenvalue weighted by Crippen LogP contribution is -2.03. The second-order valence-corrected chi connectivity index (χ2v) is 4.50. The van der Waals surface area contributed by atoms with Crippen molar-refractivity contribution in [1.29, 1.82) is 0 Å². The molecule has 0 spiro atoms. The molecule has 16 heavy (non-hydrogen) atoms. The molecule has 0 saturated heterocycles. The van der Waals surface area contributed by atoms with Crippen LogP contribution in [0.15, 0.2) is 24.3 Å². The molecule has 5 nitrogen and oxygen atoms in total. The highest BCUT2D eigenvalue weighted by Crippen LogP contribution is 2.16. The van der Waals surface area contributed by atoms with Gasteiger partial charge in [-0.3, -0.25) is 0 Å². The predicted octanol–water partition coefficient (Wildman–Crippen LogP) is 2.46. The van der Waals surface area contributed by atoms with Gasteiger partial charge in [0.05, 0.1) is 0 Å². The van der Waals surface area contributed by atoms with Gasteiger partial charge in [0.15, 0.2) is 0 Å². The first-order valence-electron chi connectivity index (χ1n) is 4.33. The van der Waals surface area contributed by atoms with Crippen LogP contribution in [0, 0.1) is 3.57 Å². The van der Waals surface area contributed by atoms with Crippen molar-refractivity contribution in [3.8, 4) is 0 Å². The maximum atomic E-state index is 5.66. The third-order valence-electron chi connectivity index (χ3n) is 1.73. The van der Waals surface area contributed by atoms with E-state index in [0.29, 0.717) is 5.95 Å². The Hall–Kier alpha value is -1.15. The molecule has 7 heteroatoms. The Bertz CT molecular complexity index is 482. The van der Waals surface area contributed by atoms with E-state index in [9.17, 15) is 0 Å². The Kier molecular flexibility index (Phi) is 3.39. The maximum absolute atomic E-state index is 5.66. The molecule has 0 aliphatic carbocycles. The van der Waals surface area contributed by atoms with Crippen LogP contribution in [0.5, 0.6) is 0 Å². The van der Waals surface area contributed by atoms with Crippen molar-refractivity contribution in [2.45, 2.75) is 0 Å². The molecule has 1 aromatic heterocycles. The van der Waals surface area contributed by atoms with Gasteiger partial charge in [-0.15, -0.1) is 0 Å². The van der Waals surface area contributed by atoms with Crippen molar-refractivity contribution in [1.82, 2.24) is 15.0 Å². The van der Waals surface area contributed by atoms with Crippen LogP contribution in [-0.2, 0) is 0 Å². The molecule has 1 heterocycles. The summed E-state index contributed by atoms with van der Waals surface area (Å²) in [5.74, 6) is 0.423. The van der Waals surface area contributed by atoms with Gasteiger partial charge in [0.1, 0.15) is 0 Å². The molecular formula is C9H7ClIN5. The molecule has 2 aromatic rings. The average molecular weight is 348 g/mol. The molecule has 1 aromatic carbocycles. The Morgan fingerprint density at radius 1 is 1.12 bits per heavy atom. The lowest BCUT2D eigenvalue weighted by Gasteiger charge is -2.04. The molecule has 0 aliphatic heterocycles. The summed E-state index contributed by atoms with van der Waals surface area (Å²) in [5.41, 5.74) is 6.31. The van der Waals surface area contributed by atoms with Crippen molar-refractivity contribution in [2.75, 3.05) is 11.1 Å². The van der Waals surface area contributed by atoms with Crippen molar-refractivity contribution in [3.63, 3.8) is 0 Å². The van der Waals surface area contributed by atoms with Crippen LogP contribution in [-0.4, -0.2) is 15.0 Å². The minimum Gasteiger partial charge on any atom is -0.368 e. The summed E-state index contributed by atoms with van der Waals surface area (Å²) in [6.45, 7) is 0. The number of hydrogen-bond acceptors (Lipinski definition) is 5. The van der Waals surface area contributed by atoms with E-state index in [4.69, 9.17) is 17.3 Å². The molecule has 0 aliphatic rings. The first-order chi connectivity index (χ1) is 7.63. The van der Waals surface area contributed by atoms with Crippen molar-refractivity contribution >= 4 is 51.8 Å². The summed E-state index contributed by atoms with van der Waals surface area (Å²) in [5, 5.41) is 3.05. The monoisotopic (exact) mass is 347 g/mol. The minimum atomic E-state index is 0.0699. The molecule has 2 rings (SSSR count). The van der Waals surface area contributed by atoms with E-state index in [1.54, 1.807) is 0 Å². The molecule has 0 fully saturated rings. The van der Waals surface area contributed by atoms with E-state index in [1.165, 1.54) is 0 Å². The summed E-state index contributed by atoms with van der Waals surface area (Å²) < 4.78 is 1.15. The molecular weight excluding hydrogens is 340 g/mol. The van der Waals surface area contributed by atoms with Gasteiger partial charge in [-0.1, -0.05) is 0 Å². The molecule has 0 bridgehead atoms. The highest BCUT2D eigenvalue weighted by atomic mass is 127. The zero-order valence-electron chi connectivity index (χ0n) is 7.98. The summed E-state index contributed by atoms with van der Waals surface area (Å²) in [6.07, 6.45) is 0. The fourth-order valence-corrected chi connectivity index (χ4v) is 1.61. The van der Waals surface area contributed by atoms with E-state index >= 15 is 0 Å². The lowest BCUT2D eigenvalue weighted by molar-refractivity contribution is 1.07. The summed E-state index contributed by atoms with van der Waals surface area (Å²) in [6, 6.07) is 7.76. The van der Waals surface area contributed by atoms with E-state index in [0.717, 1.165) is 9.26 Å². The quantitative estimate of drug-likeness (QED) is 0.816. The summed E-state index contributed by atoms with van der Waals surface area (Å²) in [4.78, 5) is 11.5. The normalized spacial score (nSPS) is 10.1. The van der Waals surface area contributed by atoms with Gasteiger partial charge < -0.3 is 11.1 Å². The van der Waals surface area contributed by atoms with Crippen LogP contribution in [0.2, 0.25) is 5.28 Å². The minimum absolute atomic E-state index is 0.0699. The van der Waals surface area contributed by atoms with Crippen LogP contribution in [0.1, 0.15) is 0 Å². The molecule has 0 amide bonds. The Balaban J connectivity index is 2.23. The SMILES string of the molecule is Nc1nc(Cl)nc(Nc2ccc(I)cc2)n1. The number of benzene rings is 1. The second kappa shape index (κ2) is 4.79. The van der Waals surface area contributed by atoms with E-state index in [2.05, 4.69) is 42.9 Å². The fraction of sp³-hybridized carbons (Fsp3) is 0. The number of anilines is 3.